The highest BCUT2D eigenvalue weighted by atomic mass is 16.7. The van der Waals surface area contributed by atoms with E-state index in [0.29, 0.717) is 5.56 Å². The minimum Gasteiger partial charge on any atom is -0.399 e. The summed E-state index contributed by atoms with van der Waals surface area (Å²) in [6.45, 7) is 7.99. The molecule has 0 amide bonds. The molecule has 1 aromatic rings. The summed E-state index contributed by atoms with van der Waals surface area (Å²) in [6, 6.07) is 7.25. The fraction of sp³-hybridized carbons (Fsp3) is 0.467. The summed E-state index contributed by atoms with van der Waals surface area (Å²) in [5.74, 6) is -0.0710. The highest BCUT2D eigenvalue weighted by Gasteiger charge is 2.51. The molecule has 1 N–H and O–H groups in total. The Morgan fingerprint density at radius 1 is 1.25 bits per heavy atom. The van der Waals surface area contributed by atoms with E-state index in [1.54, 1.807) is 12.1 Å². The van der Waals surface area contributed by atoms with Crippen molar-refractivity contribution >= 4 is 24.6 Å². The average Bonchev–Trinajstić information content (AvgIpc) is 2.59. The van der Waals surface area contributed by atoms with E-state index in [1.165, 1.54) is 0 Å². The van der Waals surface area contributed by atoms with Crippen molar-refractivity contribution in [2.24, 2.45) is 0 Å². The molecule has 1 fully saturated rings. The van der Waals surface area contributed by atoms with Crippen LogP contribution in [-0.4, -0.2) is 30.3 Å². The van der Waals surface area contributed by atoms with Gasteiger partial charge in [-0.25, -0.2) is 0 Å². The van der Waals surface area contributed by atoms with E-state index in [-0.39, 0.29) is 12.2 Å². The molecule has 5 heteroatoms. The second-order valence-electron chi connectivity index (χ2n) is 6.05. The summed E-state index contributed by atoms with van der Waals surface area (Å²) < 4.78 is 11.9. The molecule has 20 heavy (non-hydrogen) atoms. The predicted molar refractivity (Wildman–Crippen MR) is 79.9 cm³/mol. The fourth-order valence-electron chi connectivity index (χ4n) is 2.05. The van der Waals surface area contributed by atoms with Gasteiger partial charge in [0.2, 0.25) is 0 Å². The monoisotopic (exact) mass is 273 g/mol. The Hall–Kier alpha value is -1.46. The highest BCUT2D eigenvalue weighted by molar-refractivity contribution is 6.62. The van der Waals surface area contributed by atoms with Crippen LogP contribution in [0.5, 0.6) is 0 Å². The van der Waals surface area contributed by atoms with Gasteiger partial charge < -0.3 is 14.7 Å². The van der Waals surface area contributed by atoms with Crippen LogP contribution in [0.25, 0.3) is 0 Å². The minimum atomic E-state index is -0.465. The molecule has 0 unspecified atom stereocenters. The largest absolute Gasteiger partial charge is 0.494 e. The topological polar surface area (TPSA) is 59.4 Å². The molecule has 4 nitrogen and oxygen atoms in total. The first-order chi connectivity index (χ1) is 9.27. The molecule has 0 aliphatic carbocycles. The van der Waals surface area contributed by atoms with Gasteiger partial charge in [0.1, 0.15) is 0 Å². The van der Waals surface area contributed by atoms with Gasteiger partial charge in [-0.3, -0.25) is 4.79 Å². The van der Waals surface area contributed by atoms with Gasteiger partial charge in [-0.2, -0.15) is 0 Å². The van der Waals surface area contributed by atoms with Crippen molar-refractivity contribution < 1.29 is 14.1 Å². The molecule has 1 aliphatic rings. The predicted octanol–water partition coefficient (Wildman–Crippen LogP) is 2.21. The van der Waals surface area contributed by atoms with Gasteiger partial charge in [-0.1, -0.05) is 24.3 Å². The lowest BCUT2D eigenvalue weighted by molar-refractivity contribution is 0.00578. The van der Waals surface area contributed by atoms with Crippen LogP contribution in [0.15, 0.2) is 24.3 Å². The maximum absolute atomic E-state index is 11.8. The molecule has 0 bridgehead atoms. The molecule has 0 aromatic heterocycles. The zero-order valence-corrected chi connectivity index (χ0v) is 12.4. The average molecular weight is 273 g/mol. The summed E-state index contributed by atoms with van der Waals surface area (Å²) in [5.41, 5.74) is 0.624. The van der Waals surface area contributed by atoms with Crippen molar-refractivity contribution in [2.75, 3.05) is 0 Å². The molecular formula is C15H20BNO3. The van der Waals surface area contributed by atoms with Gasteiger partial charge in [-0.15, -0.1) is 0 Å². The first-order valence-electron chi connectivity index (χ1n) is 6.74. The number of Topliss-reactive ketones (excluding diaryl/α,β-unsaturated/α-hetero) is 1. The summed E-state index contributed by atoms with van der Waals surface area (Å²) in [4.78, 5) is 11.8. The standard InChI is InChI=1S/C15H20BNO3/c1-14(2)15(3,4)20-16(19-14)12-7-5-6-11(10-12)13(18)8-9-17/h5-7,9-10,17H,8H2,1-4H3. The van der Waals surface area contributed by atoms with Gasteiger partial charge in [-0.05, 0) is 33.2 Å². The van der Waals surface area contributed by atoms with Crippen molar-refractivity contribution in [2.45, 2.75) is 45.3 Å². The number of benzene rings is 1. The van der Waals surface area contributed by atoms with E-state index in [9.17, 15) is 4.79 Å². The Kier molecular flexibility index (Phi) is 3.85. The lowest BCUT2D eigenvalue weighted by Crippen LogP contribution is -2.41. The molecule has 2 rings (SSSR count). The molecule has 1 aromatic carbocycles. The lowest BCUT2D eigenvalue weighted by atomic mass is 9.78. The smallest absolute Gasteiger partial charge is 0.399 e. The SMILES string of the molecule is CC1(C)OB(c2cccc(C(=O)CC=N)c2)OC1(C)C. The van der Waals surface area contributed by atoms with Crippen LogP contribution in [0.3, 0.4) is 0 Å². The Morgan fingerprint density at radius 3 is 2.40 bits per heavy atom. The number of rotatable bonds is 4. The third kappa shape index (κ3) is 2.69. The molecule has 0 saturated carbocycles. The van der Waals surface area contributed by atoms with Crippen molar-refractivity contribution in [3.63, 3.8) is 0 Å². The number of carbonyl (C=O) groups excluding carboxylic acids is 1. The summed E-state index contributed by atoms with van der Waals surface area (Å²) in [7, 11) is -0.465. The van der Waals surface area contributed by atoms with E-state index in [2.05, 4.69) is 0 Å². The normalized spacial score (nSPS) is 19.9. The first kappa shape index (κ1) is 14.9. The van der Waals surface area contributed by atoms with Crippen molar-refractivity contribution in [1.82, 2.24) is 0 Å². The van der Waals surface area contributed by atoms with Crippen molar-refractivity contribution in [3.8, 4) is 0 Å². The van der Waals surface area contributed by atoms with Crippen LogP contribution >= 0.6 is 0 Å². The molecule has 1 saturated heterocycles. The number of nitrogens with one attached hydrogen (secondary N) is 1. The molecule has 1 aliphatic heterocycles. The number of ketones is 1. The quantitative estimate of drug-likeness (QED) is 0.519. The number of carbonyl (C=O) groups is 1. The van der Waals surface area contributed by atoms with Crippen LogP contribution in [0, 0.1) is 5.41 Å². The van der Waals surface area contributed by atoms with Crippen LogP contribution in [0.2, 0.25) is 0 Å². The second-order valence-corrected chi connectivity index (χ2v) is 6.05. The van der Waals surface area contributed by atoms with E-state index in [0.717, 1.165) is 11.7 Å². The zero-order chi connectivity index (χ0) is 15.0. The molecule has 106 valence electrons. The van der Waals surface area contributed by atoms with Gasteiger partial charge in [0, 0.05) is 18.2 Å². The summed E-state index contributed by atoms with van der Waals surface area (Å²) in [5, 5.41) is 7.01. The summed E-state index contributed by atoms with van der Waals surface area (Å²) in [6.07, 6.45) is 1.23. The van der Waals surface area contributed by atoms with Crippen LogP contribution in [0.4, 0.5) is 0 Å². The minimum absolute atomic E-state index is 0.0710. The Bertz CT molecular complexity index is 524. The van der Waals surface area contributed by atoms with Gasteiger partial charge in [0.05, 0.1) is 11.2 Å². The van der Waals surface area contributed by atoms with E-state index >= 15 is 0 Å². The van der Waals surface area contributed by atoms with Gasteiger partial charge in [0.25, 0.3) is 0 Å². The van der Waals surface area contributed by atoms with E-state index in [4.69, 9.17) is 14.7 Å². The highest BCUT2D eigenvalue weighted by Crippen LogP contribution is 2.36. The first-order valence-corrected chi connectivity index (χ1v) is 6.74. The molecule has 0 atom stereocenters. The van der Waals surface area contributed by atoms with Crippen molar-refractivity contribution in [3.05, 3.63) is 29.8 Å². The van der Waals surface area contributed by atoms with Gasteiger partial charge >= 0.3 is 7.12 Å². The number of hydrogen-bond acceptors (Lipinski definition) is 4. The molecule has 1 heterocycles. The Morgan fingerprint density at radius 2 is 1.85 bits per heavy atom. The van der Waals surface area contributed by atoms with Gasteiger partial charge in [0.15, 0.2) is 5.78 Å². The molecule has 0 spiro atoms. The third-order valence-corrected chi connectivity index (χ3v) is 4.02. The maximum Gasteiger partial charge on any atom is 0.494 e. The zero-order valence-electron chi connectivity index (χ0n) is 12.4. The van der Waals surface area contributed by atoms with E-state index < -0.39 is 18.3 Å². The Balaban J connectivity index is 2.25. The van der Waals surface area contributed by atoms with Crippen LogP contribution in [-0.2, 0) is 9.31 Å². The second kappa shape index (κ2) is 5.15. The van der Waals surface area contributed by atoms with Crippen LogP contribution < -0.4 is 5.46 Å². The molecule has 0 radical (unpaired) electrons. The molecular weight excluding hydrogens is 253 g/mol. The van der Waals surface area contributed by atoms with E-state index in [1.807, 2.05) is 39.8 Å². The van der Waals surface area contributed by atoms with Crippen molar-refractivity contribution in [1.29, 1.82) is 5.41 Å². The third-order valence-electron chi connectivity index (χ3n) is 4.02. The van der Waals surface area contributed by atoms with Crippen LogP contribution in [0.1, 0.15) is 44.5 Å². The fourth-order valence-corrected chi connectivity index (χ4v) is 2.05. The Labute approximate surface area is 120 Å². The maximum atomic E-state index is 11.8. The number of hydrogen-bond donors (Lipinski definition) is 1. The lowest BCUT2D eigenvalue weighted by Gasteiger charge is -2.32. The summed E-state index contributed by atoms with van der Waals surface area (Å²) >= 11 is 0.